The number of rotatable bonds is 6. The maximum Gasteiger partial charge on any atom is 0.315 e. The molecule has 8 nitrogen and oxygen atoms in total. The average Bonchev–Trinajstić information content (AvgIpc) is 2.80. The third-order valence-electron chi connectivity index (χ3n) is 2.71. The van der Waals surface area contributed by atoms with E-state index in [4.69, 9.17) is 5.11 Å². The second-order valence-corrected chi connectivity index (χ2v) is 4.66. The van der Waals surface area contributed by atoms with Crippen LogP contribution in [0.15, 0.2) is 6.33 Å². The Labute approximate surface area is 111 Å². The van der Waals surface area contributed by atoms with Gasteiger partial charge >= 0.3 is 12.0 Å². The van der Waals surface area contributed by atoms with Crippen LogP contribution in [0.2, 0.25) is 0 Å². The molecule has 0 aromatic carbocycles. The number of aromatic amines is 1. The number of H-pyrrole nitrogens is 1. The summed E-state index contributed by atoms with van der Waals surface area (Å²) in [6, 6.07) is -1.18. The summed E-state index contributed by atoms with van der Waals surface area (Å²) in [6.45, 7) is 5.46. The van der Waals surface area contributed by atoms with E-state index < -0.39 is 18.0 Å². The quantitative estimate of drug-likeness (QED) is 0.604. The first-order chi connectivity index (χ1) is 8.90. The fraction of sp³-hybridized carbons (Fsp3) is 0.636. The van der Waals surface area contributed by atoms with Gasteiger partial charge in [-0.2, -0.15) is 5.10 Å². The largest absolute Gasteiger partial charge is 0.481 e. The molecule has 0 spiro atoms. The van der Waals surface area contributed by atoms with E-state index in [0.717, 1.165) is 0 Å². The molecule has 2 amide bonds. The SMILES string of the molecule is CC(NC(=O)NC(CC(=O)O)C(C)C)c1ncn[nH]1. The Morgan fingerprint density at radius 1 is 1.37 bits per heavy atom. The highest BCUT2D eigenvalue weighted by molar-refractivity contribution is 5.76. The number of carboxylic acid groups (broad SMARTS) is 1. The summed E-state index contributed by atoms with van der Waals surface area (Å²) in [4.78, 5) is 26.4. The molecule has 19 heavy (non-hydrogen) atoms. The molecule has 1 aromatic rings. The number of carboxylic acids is 1. The topological polar surface area (TPSA) is 120 Å². The summed E-state index contributed by atoms with van der Waals surface area (Å²) in [5.74, 6) is -0.376. The fourth-order valence-electron chi connectivity index (χ4n) is 1.54. The van der Waals surface area contributed by atoms with Crippen LogP contribution in [0.4, 0.5) is 4.79 Å². The number of nitrogens with zero attached hydrogens (tertiary/aromatic N) is 2. The van der Waals surface area contributed by atoms with Crippen LogP contribution in [0.25, 0.3) is 0 Å². The van der Waals surface area contributed by atoms with Gasteiger partial charge in [0.15, 0.2) is 0 Å². The molecular weight excluding hydrogens is 250 g/mol. The van der Waals surface area contributed by atoms with Crippen LogP contribution in [0.1, 0.15) is 39.1 Å². The van der Waals surface area contributed by atoms with E-state index in [9.17, 15) is 9.59 Å². The van der Waals surface area contributed by atoms with E-state index in [-0.39, 0.29) is 18.4 Å². The Hall–Kier alpha value is -2.12. The monoisotopic (exact) mass is 269 g/mol. The first kappa shape index (κ1) is 14.9. The second-order valence-electron chi connectivity index (χ2n) is 4.66. The number of amides is 2. The van der Waals surface area contributed by atoms with Crippen LogP contribution >= 0.6 is 0 Å². The molecule has 8 heteroatoms. The summed E-state index contributed by atoms with van der Waals surface area (Å²) >= 11 is 0. The first-order valence-electron chi connectivity index (χ1n) is 6.04. The van der Waals surface area contributed by atoms with Crippen molar-refractivity contribution in [2.45, 2.75) is 39.3 Å². The van der Waals surface area contributed by atoms with Crippen LogP contribution in [-0.4, -0.2) is 38.3 Å². The molecule has 4 N–H and O–H groups in total. The number of urea groups is 1. The van der Waals surface area contributed by atoms with Gasteiger partial charge in [0.2, 0.25) is 0 Å². The lowest BCUT2D eigenvalue weighted by Gasteiger charge is -2.22. The van der Waals surface area contributed by atoms with Gasteiger partial charge in [-0.15, -0.1) is 0 Å². The number of aromatic nitrogens is 3. The summed E-state index contributed by atoms with van der Waals surface area (Å²) < 4.78 is 0. The summed E-state index contributed by atoms with van der Waals surface area (Å²) in [5.41, 5.74) is 0. The maximum atomic E-state index is 11.8. The van der Waals surface area contributed by atoms with Crippen LogP contribution in [-0.2, 0) is 4.79 Å². The van der Waals surface area contributed by atoms with Crippen molar-refractivity contribution in [1.29, 1.82) is 0 Å². The molecule has 0 aliphatic carbocycles. The second kappa shape index (κ2) is 6.72. The maximum absolute atomic E-state index is 11.8. The van der Waals surface area contributed by atoms with Gasteiger partial charge in [0.05, 0.1) is 12.5 Å². The molecule has 0 aliphatic rings. The van der Waals surface area contributed by atoms with E-state index in [1.54, 1.807) is 6.92 Å². The third kappa shape index (κ3) is 4.94. The lowest BCUT2D eigenvalue weighted by atomic mass is 10.0. The van der Waals surface area contributed by atoms with Crippen molar-refractivity contribution in [3.05, 3.63) is 12.2 Å². The minimum absolute atomic E-state index is 0.0300. The molecule has 1 heterocycles. The van der Waals surface area contributed by atoms with Gasteiger partial charge in [0.1, 0.15) is 12.2 Å². The molecule has 106 valence electrons. The van der Waals surface area contributed by atoms with Gasteiger partial charge in [0, 0.05) is 6.04 Å². The van der Waals surface area contributed by atoms with Gasteiger partial charge < -0.3 is 15.7 Å². The zero-order valence-corrected chi connectivity index (χ0v) is 11.2. The molecule has 0 fully saturated rings. The van der Waals surface area contributed by atoms with E-state index in [0.29, 0.717) is 5.82 Å². The predicted molar refractivity (Wildman–Crippen MR) is 67.3 cm³/mol. The first-order valence-corrected chi connectivity index (χ1v) is 6.04. The van der Waals surface area contributed by atoms with Crippen LogP contribution in [0, 0.1) is 5.92 Å². The van der Waals surface area contributed by atoms with Crippen molar-refractivity contribution >= 4 is 12.0 Å². The number of hydrogen-bond donors (Lipinski definition) is 4. The van der Waals surface area contributed by atoms with Crippen molar-refractivity contribution in [1.82, 2.24) is 25.8 Å². The molecule has 0 saturated heterocycles. The highest BCUT2D eigenvalue weighted by Gasteiger charge is 2.20. The molecule has 0 radical (unpaired) electrons. The summed E-state index contributed by atoms with van der Waals surface area (Å²) in [6.07, 6.45) is 1.24. The molecule has 0 bridgehead atoms. The fourth-order valence-corrected chi connectivity index (χ4v) is 1.54. The molecule has 1 aromatic heterocycles. The minimum Gasteiger partial charge on any atom is -0.481 e. The molecule has 1 rings (SSSR count). The summed E-state index contributed by atoms with van der Waals surface area (Å²) in [7, 11) is 0. The van der Waals surface area contributed by atoms with Crippen LogP contribution in [0.5, 0.6) is 0 Å². The number of carbonyl (C=O) groups is 2. The number of nitrogens with one attached hydrogen (secondary N) is 3. The van der Waals surface area contributed by atoms with Crippen LogP contribution < -0.4 is 10.6 Å². The Balaban J connectivity index is 2.50. The average molecular weight is 269 g/mol. The standard InChI is InChI=1S/C11H19N5O3/c1-6(2)8(4-9(17)18)15-11(19)14-7(3)10-12-5-13-16-10/h5-8H,4H2,1-3H3,(H,17,18)(H,12,13,16)(H2,14,15,19). The number of carbonyl (C=O) groups excluding carboxylic acids is 1. The van der Waals surface area contributed by atoms with Gasteiger partial charge in [-0.1, -0.05) is 13.8 Å². The molecule has 2 unspecified atom stereocenters. The van der Waals surface area contributed by atoms with Crippen molar-refractivity contribution in [2.75, 3.05) is 0 Å². The van der Waals surface area contributed by atoms with E-state index >= 15 is 0 Å². The predicted octanol–water partition coefficient (Wildman–Crippen LogP) is 0.664. The van der Waals surface area contributed by atoms with E-state index in [2.05, 4.69) is 25.8 Å². The lowest BCUT2D eigenvalue weighted by molar-refractivity contribution is -0.137. The zero-order valence-electron chi connectivity index (χ0n) is 11.2. The van der Waals surface area contributed by atoms with Crippen molar-refractivity contribution in [3.63, 3.8) is 0 Å². The number of hydrogen-bond acceptors (Lipinski definition) is 4. The van der Waals surface area contributed by atoms with Gasteiger partial charge in [0.25, 0.3) is 0 Å². The highest BCUT2D eigenvalue weighted by Crippen LogP contribution is 2.07. The Morgan fingerprint density at radius 2 is 2.05 bits per heavy atom. The van der Waals surface area contributed by atoms with E-state index in [1.165, 1.54) is 6.33 Å². The molecule has 0 aliphatic heterocycles. The van der Waals surface area contributed by atoms with Gasteiger partial charge in [-0.25, -0.2) is 9.78 Å². The Bertz CT molecular complexity index is 418. The van der Waals surface area contributed by atoms with Gasteiger partial charge in [-0.05, 0) is 12.8 Å². The molecule has 2 atom stereocenters. The van der Waals surface area contributed by atoms with E-state index in [1.807, 2.05) is 13.8 Å². The Morgan fingerprint density at radius 3 is 2.53 bits per heavy atom. The van der Waals surface area contributed by atoms with Gasteiger partial charge in [-0.3, -0.25) is 9.89 Å². The number of aliphatic carboxylic acids is 1. The van der Waals surface area contributed by atoms with Crippen molar-refractivity contribution < 1.29 is 14.7 Å². The third-order valence-corrected chi connectivity index (χ3v) is 2.71. The molecular formula is C11H19N5O3. The summed E-state index contributed by atoms with van der Waals surface area (Å²) in [5, 5.41) is 20.4. The van der Waals surface area contributed by atoms with Crippen molar-refractivity contribution in [2.24, 2.45) is 5.92 Å². The van der Waals surface area contributed by atoms with Crippen LogP contribution in [0.3, 0.4) is 0 Å². The zero-order chi connectivity index (χ0) is 14.4. The smallest absolute Gasteiger partial charge is 0.315 e. The lowest BCUT2D eigenvalue weighted by Crippen LogP contribution is -2.46. The Kier molecular flexibility index (Phi) is 5.28. The van der Waals surface area contributed by atoms with Crippen molar-refractivity contribution in [3.8, 4) is 0 Å². The minimum atomic E-state index is -0.942. The highest BCUT2D eigenvalue weighted by atomic mass is 16.4. The normalized spacial score (nSPS) is 13.9. The molecule has 0 saturated carbocycles.